The molecule has 0 radical (unpaired) electrons. The third-order valence-corrected chi connectivity index (χ3v) is 4.67. The molecular weight excluding hydrogens is 392 g/mol. The van der Waals surface area contributed by atoms with E-state index < -0.39 is 18.1 Å². The number of benzene rings is 2. The zero-order valence-electron chi connectivity index (χ0n) is 16.7. The van der Waals surface area contributed by atoms with Crippen LogP contribution in [0, 0.1) is 0 Å². The van der Waals surface area contributed by atoms with Crippen molar-refractivity contribution in [2.75, 3.05) is 20.3 Å². The zero-order chi connectivity index (χ0) is 21.8. The fourth-order valence-corrected chi connectivity index (χ4v) is 3.22. The van der Waals surface area contributed by atoms with Gasteiger partial charge in [0.05, 0.1) is 13.7 Å². The molecule has 0 aliphatic heterocycles. The van der Waals surface area contributed by atoms with E-state index in [4.69, 9.17) is 19.0 Å². The lowest BCUT2D eigenvalue weighted by molar-refractivity contribution is 0.0535. The first-order valence-corrected chi connectivity index (χ1v) is 9.51. The molecule has 1 aromatic heterocycles. The minimum atomic E-state index is -1.08. The number of phenolic OH excluding ortho intramolecular Hbond substituents is 2. The quantitative estimate of drug-likeness (QED) is 0.441. The van der Waals surface area contributed by atoms with Gasteiger partial charge in [-0.1, -0.05) is 13.3 Å². The van der Waals surface area contributed by atoms with Crippen molar-refractivity contribution in [3.05, 3.63) is 46.1 Å². The van der Waals surface area contributed by atoms with E-state index in [2.05, 4.69) is 0 Å². The second-order valence-corrected chi connectivity index (χ2v) is 6.83. The van der Waals surface area contributed by atoms with Gasteiger partial charge in [-0.3, -0.25) is 4.79 Å². The van der Waals surface area contributed by atoms with E-state index in [1.807, 2.05) is 6.92 Å². The lowest BCUT2D eigenvalue weighted by atomic mass is 9.98. The van der Waals surface area contributed by atoms with Crippen molar-refractivity contribution in [2.24, 2.45) is 0 Å². The van der Waals surface area contributed by atoms with Crippen LogP contribution in [0.4, 0.5) is 0 Å². The van der Waals surface area contributed by atoms with Crippen LogP contribution in [0.2, 0.25) is 0 Å². The summed E-state index contributed by atoms with van der Waals surface area (Å²) in [6.45, 7) is 1.29. The third kappa shape index (κ3) is 4.19. The highest BCUT2D eigenvalue weighted by Gasteiger charge is 2.19. The van der Waals surface area contributed by atoms with Crippen molar-refractivity contribution in [1.82, 2.24) is 0 Å². The number of phenols is 2. The summed E-state index contributed by atoms with van der Waals surface area (Å²) in [5.41, 5.74) is 0.755. The minimum absolute atomic E-state index is 0.0106. The van der Waals surface area contributed by atoms with Crippen LogP contribution in [0.5, 0.6) is 23.0 Å². The molecule has 8 heteroatoms. The molecule has 0 aliphatic carbocycles. The van der Waals surface area contributed by atoms with Gasteiger partial charge in [-0.05, 0) is 18.6 Å². The molecule has 8 nitrogen and oxygen atoms in total. The standard InChI is InChI=1S/C22H24O8/c1-3-4-15-14(5-6-18(28-2)22(15)27)19-9-17(26)21-16(25)7-13(8-20(21)30-19)29-11-12(24)10-23/h5-9,12,23-25,27H,3-4,10-11H2,1-2H3. The van der Waals surface area contributed by atoms with E-state index in [0.29, 0.717) is 23.3 Å². The lowest BCUT2D eigenvalue weighted by Gasteiger charge is -2.14. The van der Waals surface area contributed by atoms with Gasteiger partial charge in [0.25, 0.3) is 0 Å². The molecule has 0 saturated carbocycles. The maximum absolute atomic E-state index is 12.7. The Morgan fingerprint density at radius 1 is 1.17 bits per heavy atom. The Labute approximate surface area is 172 Å². The highest BCUT2D eigenvalue weighted by atomic mass is 16.5. The Kier molecular flexibility index (Phi) is 6.49. The zero-order valence-corrected chi connectivity index (χ0v) is 16.7. The van der Waals surface area contributed by atoms with Crippen molar-refractivity contribution in [3.63, 3.8) is 0 Å². The Morgan fingerprint density at radius 3 is 2.60 bits per heavy atom. The van der Waals surface area contributed by atoms with Crippen LogP contribution in [-0.2, 0) is 6.42 Å². The van der Waals surface area contributed by atoms with Gasteiger partial charge in [0, 0.05) is 29.3 Å². The molecule has 0 spiro atoms. The number of hydrogen-bond donors (Lipinski definition) is 4. The molecule has 0 bridgehead atoms. The summed E-state index contributed by atoms with van der Waals surface area (Å²) in [5, 5.41) is 39.1. The molecule has 1 heterocycles. The van der Waals surface area contributed by atoms with E-state index in [1.165, 1.54) is 25.3 Å². The van der Waals surface area contributed by atoms with Crippen LogP contribution in [0.3, 0.4) is 0 Å². The number of methoxy groups -OCH3 is 1. The maximum atomic E-state index is 12.7. The SMILES string of the molecule is CCCc1c(-c2cc(=O)c3c(O)cc(OCC(O)CO)cc3o2)ccc(OC)c1O. The summed E-state index contributed by atoms with van der Waals surface area (Å²) in [7, 11) is 1.46. The molecule has 3 rings (SSSR count). The molecule has 0 saturated heterocycles. The highest BCUT2D eigenvalue weighted by molar-refractivity contribution is 5.86. The fourth-order valence-electron chi connectivity index (χ4n) is 3.22. The monoisotopic (exact) mass is 416 g/mol. The first kappa shape index (κ1) is 21.5. The first-order valence-electron chi connectivity index (χ1n) is 9.51. The molecule has 1 unspecified atom stereocenters. The fraction of sp³-hybridized carbons (Fsp3) is 0.318. The van der Waals surface area contributed by atoms with Crippen LogP contribution >= 0.6 is 0 Å². The number of hydrogen-bond acceptors (Lipinski definition) is 8. The largest absolute Gasteiger partial charge is 0.507 e. The molecule has 4 N–H and O–H groups in total. The van der Waals surface area contributed by atoms with Crippen molar-refractivity contribution in [3.8, 4) is 34.3 Å². The van der Waals surface area contributed by atoms with Crippen LogP contribution in [0.25, 0.3) is 22.3 Å². The second kappa shape index (κ2) is 9.06. The summed E-state index contributed by atoms with van der Waals surface area (Å²) < 4.78 is 16.4. The predicted octanol–water partition coefficient (Wildman–Crippen LogP) is 2.56. The van der Waals surface area contributed by atoms with Gasteiger partial charge in [0.2, 0.25) is 0 Å². The van der Waals surface area contributed by atoms with Crippen molar-refractivity contribution >= 4 is 11.0 Å². The minimum Gasteiger partial charge on any atom is -0.507 e. The molecule has 160 valence electrons. The summed E-state index contributed by atoms with van der Waals surface area (Å²) in [4.78, 5) is 12.7. The Morgan fingerprint density at radius 2 is 1.93 bits per heavy atom. The Hall–Kier alpha value is -3.23. The topological polar surface area (TPSA) is 130 Å². The first-order chi connectivity index (χ1) is 14.4. The normalized spacial score (nSPS) is 12.1. The summed E-state index contributed by atoms with van der Waals surface area (Å²) in [6, 6.07) is 7.21. The van der Waals surface area contributed by atoms with E-state index in [-0.39, 0.29) is 40.6 Å². The van der Waals surface area contributed by atoms with E-state index in [1.54, 1.807) is 12.1 Å². The van der Waals surface area contributed by atoms with Crippen molar-refractivity contribution in [1.29, 1.82) is 0 Å². The molecule has 2 aromatic carbocycles. The molecule has 30 heavy (non-hydrogen) atoms. The van der Waals surface area contributed by atoms with Gasteiger partial charge in [0.1, 0.15) is 40.9 Å². The van der Waals surface area contributed by atoms with Gasteiger partial charge in [0.15, 0.2) is 16.9 Å². The average molecular weight is 416 g/mol. The number of aliphatic hydroxyl groups excluding tert-OH is 2. The van der Waals surface area contributed by atoms with E-state index >= 15 is 0 Å². The number of aliphatic hydroxyl groups is 2. The number of rotatable bonds is 8. The highest BCUT2D eigenvalue weighted by Crippen LogP contribution is 2.39. The van der Waals surface area contributed by atoms with Crippen molar-refractivity contribution in [2.45, 2.75) is 25.9 Å². The molecule has 0 fully saturated rings. The lowest BCUT2D eigenvalue weighted by Crippen LogP contribution is -2.21. The summed E-state index contributed by atoms with van der Waals surface area (Å²) >= 11 is 0. The van der Waals surface area contributed by atoms with Gasteiger partial charge >= 0.3 is 0 Å². The Bertz CT molecular complexity index is 1100. The molecule has 3 aromatic rings. The van der Waals surface area contributed by atoms with Crippen LogP contribution < -0.4 is 14.9 Å². The Balaban J connectivity index is 2.14. The van der Waals surface area contributed by atoms with Gasteiger partial charge in [-0.2, -0.15) is 0 Å². The molecular formula is C22H24O8. The molecule has 0 amide bonds. The van der Waals surface area contributed by atoms with Gasteiger partial charge in [-0.15, -0.1) is 0 Å². The second-order valence-electron chi connectivity index (χ2n) is 6.83. The number of fused-ring (bicyclic) bond motifs is 1. The van der Waals surface area contributed by atoms with Gasteiger partial charge < -0.3 is 34.3 Å². The maximum Gasteiger partial charge on any atom is 0.197 e. The summed E-state index contributed by atoms with van der Waals surface area (Å²) in [5.74, 6) is 0.367. The van der Waals surface area contributed by atoms with Crippen molar-refractivity contribution < 1.29 is 34.3 Å². The van der Waals surface area contributed by atoms with Crippen LogP contribution in [0.1, 0.15) is 18.9 Å². The van der Waals surface area contributed by atoms with Crippen LogP contribution in [0.15, 0.2) is 39.5 Å². The van der Waals surface area contributed by atoms with E-state index in [0.717, 1.165) is 6.42 Å². The molecule has 1 atom stereocenters. The van der Waals surface area contributed by atoms with Crippen LogP contribution in [-0.4, -0.2) is 46.9 Å². The smallest absolute Gasteiger partial charge is 0.197 e. The molecule has 0 aliphatic rings. The third-order valence-electron chi connectivity index (χ3n) is 4.67. The summed E-state index contributed by atoms with van der Waals surface area (Å²) in [6.07, 6.45) is 0.200. The average Bonchev–Trinajstić information content (AvgIpc) is 2.72. The van der Waals surface area contributed by atoms with Gasteiger partial charge in [-0.25, -0.2) is 0 Å². The van der Waals surface area contributed by atoms with E-state index in [9.17, 15) is 20.1 Å². The number of ether oxygens (including phenoxy) is 2. The number of aromatic hydroxyl groups is 2. The predicted molar refractivity (Wildman–Crippen MR) is 110 cm³/mol.